The van der Waals surface area contributed by atoms with Gasteiger partial charge in [-0.15, -0.1) is 0 Å². The molecule has 0 fully saturated rings. The van der Waals surface area contributed by atoms with E-state index >= 15 is 0 Å². The SMILES string of the molecule is C=CC=CC(=C)N(C=Cc1c(C=C)c(-c2ccccc2)c2ccccc2c1-c1ccccc1)c1ccccc1. The van der Waals surface area contributed by atoms with Crippen LogP contribution in [0.3, 0.4) is 0 Å². The van der Waals surface area contributed by atoms with E-state index in [0.29, 0.717) is 0 Å². The van der Waals surface area contributed by atoms with Crippen LogP contribution in [0.5, 0.6) is 0 Å². The summed E-state index contributed by atoms with van der Waals surface area (Å²) in [7, 11) is 0. The minimum atomic E-state index is 0.836. The Balaban J connectivity index is 1.83. The molecule has 39 heavy (non-hydrogen) atoms. The van der Waals surface area contributed by atoms with E-state index in [9.17, 15) is 0 Å². The average molecular weight is 502 g/mol. The fourth-order valence-corrected chi connectivity index (χ4v) is 5.04. The van der Waals surface area contributed by atoms with Crippen molar-refractivity contribution in [1.82, 2.24) is 0 Å². The predicted molar refractivity (Wildman–Crippen MR) is 171 cm³/mol. The highest BCUT2D eigenvalue weighted by Crippen LogP contribution is 2.43. The molecule has 188 valence electrons. The Bertz CT molecular complexity index is 1670. The van der Waals surface area contributed by atoms with E-state index < -0.39 is 0 Å². The Morgan fingerprint density at radius 2 is 1.08 bits per heavy atom. The minimum absolute atomic E-state index is 0.836. The quantitative estimate of drug-likeness (QED) is 0.182. The number of benzene rings is 5. The van der Waals surface area contributed by atoms with Gasteiger partial charge in [0, 0.05) is 17.6 Å². The zero-order valence-corrected chi connectivity index (χ0v) is 22.0. The molecule has 0 bridgehead atoms. The third kappa shape index (κ3) is 5.30. The van der Waals surface area contributed by atoms with Crippen molar-refractivity contribution in [3.05, 3.63) is 176 Å². The minimum Gasteiger partial charge on any atom is -0.318 e. The van der Waals surface area contributed by atoms with Gasteiger partial charge in [-0.2, -0.15) is 0 Å². The normalized spacial score (nSPS) is 11.2. The van der Waals surface area contributed by atoms with Crippen LogP contribution in [0, 0.1) is 0 Å². The molecule has 0 amide bonds. The second kappa shape index (κ2) is 11.9. The maximum absolute atomic E-state index is 4.34. The van der Waals surface area contributed by atoms with Gasteiger partial charge in [-0.3, -0.25) is 0 Å². The highest BCUT2D eigenvalue weighted by Gasteiger charge is 2.19. The maximum Gasteiger partial charge on any atom is 0.0455 e. The van der Waals surface area contributed by atoms with Crippen LogP contribution in [0.15, 0.2) is 165 Å². The monoisotopic (exact) mass is 501 g/mol. The third-order valence-corrected chi connectivity index (χ3v) is 6.78. The summed E-state index contributed by atoms with van der Waals surface area (Å²) in [5.74, 6) is 0. The number of fused-ring (bicyclic) bond motifs is 1. The van der Waals surface area contributed by atoms with Crippen molar-refractivity contribution in [3.8, 4) is 22.3 Å². The number of hydrogen-bond acceptors (Lipinski definition) is 1. The first-order valence-corrected chi connectivity index (χ1v) is 13.1. The first-order chi connectivity index (χ1) is 19.2. The van der Waals surface area contributed by atoms with E-state index in [4.69, 9.17) is 0 Å². The van der Waals surface area contributed by atoms with Gasteiger partial charge in [-0.1, -0.05) is 141 Å². The summed E-state index contributed by atoms with van der Waals surface area (Å²) in [5, 5.41) is 2.40. The van der Waals surface area contributed by atoms with Crippen molar-refractivity contribution in [2.75, 3.05) is 4.90 Å². The lowest BCUT2D eigenvalue weighted by atomic mass is 9.83. The molecule has 0 N–H and O–H groups in total. The van der Waals surface area contributed by atoms with Crippen molar-refractivity contribution in [1.29, 1.82) is 0 Å². The molecule has 5 aromatic rings. The molecular weight excluding hydrogens is 470 g/mol. The molecule has 0 heterocycles. The third-order valence-electron chi connectivity index (χ3n) is 6.78. The fraction of sp³-hybridized carbons (Fsp3) is 0. The van der Waals surface area contributed by atoms with Gasteiger partial charge in [0.25, 0.3) is 0 Å². The summed E-state index contributed by atoms with van der Waals surface area (Å²) >= 11 is 0. The Hall–Kier alpha value is -5.14. The van der Waals surface area contributed by atoms with Gasteiger partial charge < -0.3 is 4.90 Å². The number of hydrogen-bond donors (Lipinski definition) is 0. The average Bonchev–Trinajstić information content (AvgIpc) is 3.00. The standard InChI is InChI=1S/C38H31N/c1-4-6-18-29(3)39(32-23-14-9-15-24-32)28-27-36-33(5-2)37(30-19-10-7-11-20-30)34-25-16-17-26-35(34)38(36)31-21-12-8-13-22-31/h4-28H,1-3H2. The first-order valence-electron chi connectivity index (χ1n) is 13.1. The Morgan fingerprint density at radius 1 is 0.590 bits per heavy atom. The summed E-state index contributed by atoms with van der Waals surface area (Å²) in [6, 6.07) is 40.1. The zero-order valence-electron chi connectivity index (χ0n) is 22.0. The highest BCUT2D eigenvalue weighted by atomic mass is 15.1. The van der Waals surface area contributed by atoms with Crippen LogP contribution in [0.4, 0.5) is 5.69 Å². The van der Waals surface area contributed by atoms with Gasteiger partial charge in [-0.25, -0.2) is 0 Å². The number of anilines is 1. The van der Waals surface area contributed by atoms with Crippen LogP contribution in [0.1, 0.15) is 11.1 Å². The lowest BCUT2D eigenvalue weighted by Crippen LogP contribution is -2.12. The van der Waals surface area contributed by atoms with Crippen molar-refractivity contribution in [3.63, 3.8) is 0 Å². The van der Waals surface area contributed by atoms with Crippen LogP contribution in [0.25, 0.3) is 45.2 Å². The summed E-state index contributed by atoms with van der Waals surface area (Å²) in [5.41, 5.74) is 8.74. The van der Waals surface area contributed by atoms with Crippen molar-refractivity contribution >= 4 is 28.6 Å². The summed E-state index contributed by atoms with van der Waals surface area (Å²) < 4.78 is 0. The molecule has 0 aliphatic rings. The predicted octanol–water partition coefficient (Wildman–Crippen LogP) is 10.5. The van der Waals surface area contributed by atoms with Gasteiger partial charge in [0.15, 0.2) is 0 Å². The van der Waals surface area contributed by atoms with Gasteiger partial charge in [0.05, 0.1) is 0 Å². The molecule has 0 atom stereocenters. The van der Waals surface area contributed by atoms with E-state index in [2.05, 4.69) is 134 Å². The van der Waals surface area contributed by atoms with Gasteiger partial charge in [-0.05, 0) is 68.4 Å². The van der Waals surface area contributed by atoms with Crippen LogP contribution in [-0.4, -0.2) is 0 Å². The maximum atomic E-state index is 4.34. The van der Waals surface area contributed by atoms with Gasteiger partial charge in [0.2, 0.25) is 0 Å². The highest BCUT2D eigenvalue weighted by molar-refractivity contribution is 6.11. The summed E-state index contributed by atoms with van der Waals surface area (Å²) in [6.45, 7) is 12.5. The fourth-order valence-electron chi connectivity index (χ4n) is 5.04. The second-order valence-corrected chi connectivity index (χ2v) is 9.17. The van der Waals surface area contributed by atoms with E-state index in [1.54, 1.807) is 6.08 Å². The number of nitrogens with zero attached hydrogens (tertiary/aromatic N) is 1. The number of rotatable bonds is 9. The Labute approximate surface area is 231 Å². The molecule has 0 saturated heterocycles. The topological polar surface area (TPSA) is 3.24 Å². The molecular formula is C38H31N. The van der Waals surface area contributed by atoms with Crippen LogP contribution >= 0.6 is 0 Å². The Kier molecular flexibility index (Phi) is 7.81. The molecule has 0 saturated carbocycles. The molecule has 0 spiro atoms. The van der Waals surface area contributed by atoms with E-state index in [1.165, 1.54) is 21.9 Å². The number of allylic oxidation sites excluding steroid dienone is 3. The van der Waals surface area contributed by atoms with Crippen LogP contribution < -0.4 is 4.90 Å². The zero-order chi connectivity index (χ0) is 27.0. The molecule has 1 nitrogen and oxygen atoms in total. The second-order valence-electron chi connectivity index (χ2n) is 9.17. The molecule has 0 aliphatic carbocycles. The van der Waals surface area contributed by atoms with Gasteiger partial charge in [0.1, 0.15) is 0 Å². The summed E-state index contributed by atoms with van der Waals surface area (Å²) in [6.07, 6.45) is 11.9. The smallest absolute Gasteiger partial charge is 0.0455 e. The van der Waals surface area contributed by atoms with E-state index in [0.717, 1.165) is 33.6 Å². The molecule has 0 unspecified atom stereocenters. The van der Waals surface area contributed by atoms with Gasteiger partial charge >= 0.3 is 0 Å². The molecule has 0 aliphatic heterocycles. The van der Waals surface area contributed by atoms with E-state index in [1.807, 2.05) is 36.4 Å². The lowest BCUT2D eigenvalue weighted by molar-refractivity contribution is 1.22. The Morgan fingerprint density at radius 3 is 1.59 bits per heavy atom. The molecule has 5 rings (SSSR count). The van der Waals surface area contributed by atoms with E-state index in [-0.39, 0.29) is 0 Å². The number of para-hydroxylation sites is 1. The van der Waals surface area contributed by atoms with Crippen molar-refractivity contribution in [2.24, 2.45) is 0 Å². The van der Waals surface area contributed by atoms with Crippen molar-refractivity contribution in [2.45, 2.75) is 0 Å². The summed E-state index contributed by atoms with van der Waals surface area (Å²) in [4.78, 5) is 2.10. The molecule has 1 heteroatoms. The van der Waals surface area contributed by atoms with Crippen LogP contribution in [0.2, 0.25) is 0 Å². The molecule has 0 aromatic heterocycles. The van der Waals surface area contributed by atoms with Crippen molar-refractivity contribution < 1.29 is 0 Å². The lowest BCUT2D eigenvalue weighted by Gasteiger charge is -2.23. The molecule has 0 radical (unpaired) electrons. The first kappa shape index (κ1) is 25.5. The van der Waals surface area contributed by atoms with Crippen LogP contribution in [-0.2, 0) is 0 Å². The largest absolute Gasteiger partial charge is 0.318 e. The molecule has 5 aromatic carbocycles.